The number of anilines is 2. The normalized spacial score (nSPS) is 10.7. The number of aromatic nitrogens is 1. The van der Waals surface area contributed by atoms with Gasteiger partial charge in [0.05, 0.1) is 12.2 Å². The number of hydrogen-bond acceptors (Lipinski definition) is 6. The van der Waals surface area contributed by atoms with Gasteiger partial charge < -0.3 is 16.8 Å². The first-order valence-electron chi connectivity index (χ1n) is 5.92. The van der Waals surface area contributed by atoms with Gasteiger partial charge in [-0.15, -0.1) is 5.11 Å². The molecule has 102 valence electrons. The Kier molecular flexibility index (Phi) is 4.35. The molecule has 1 amide bonds. The number of hydrogen-bond donors (Lipinski definition) is 3. The summed E-state index contributed by atoms with van der Waals surface area (Å²) in [5.41, 5.74) is 12.1. The Balaban J connectivity index is 2.14. The largest absolute Gasteiger partial charge is 0.382 e. The molecule has 0 aliphatic rings. The molecule has 0 aliphatic carbocycles. The van der Waals surface area contributed by atoms with E-state index < -0.39 is 0 Å². The van der Waals surface area contributed by atoms with Gasteiger partial charge in [-0.25, -0.2) is 4.98 Å². The standard InChI is InChI=1S/C13H14N6O/c14-8-12(20)16-11-7-6-10(13(15)17-11)19-18-9-4-2-1-3-5-9/h1-7H,8,14H2,(H3,15,16,17,20). The van der Waals surface area contributed by atoms with Gasteiger partial charge >= 0.3 is 0 Å². The maximum Gasteiger partial charge on any atom is 0.239 e. The summed E-state index contributed by atoms with van der Waals surface area (Å²) in [6.45, 7) is -0.114. The molecule has 1 aromatic heterocycles. The number of azo groups is 1. The highest BCUT2D eigenvalue weighted by Crippen LogP contribution is 2.24. The molecule has 5 N–H and O–H groups in total. The van der Waals surface area contributed by atoms with Crippen molar-refractivity contribution in [1.82, 2.24) is 4.98 Å². The van der Waals surface area contributed by atoms with Crippen molar-refractivity contribution in [3.05, 3.63) is 42.5 Å². The van der Waals surface area contributed by atoms with Crippen LogP contribution in [0.25, 0.3) is 0 Å². The van der Waals surface area contributed by atoms with E-state index >= 15 is 0 Å². The number of nitrogen functional groups attached to an aromatic ring is 1. The van der Waals surface area contributed by atoms with E-state index in [2.05, 4.69) is 20.5 Å². The highest BCUT2D eigenvalue weighted by molar-refractivity contribution is 5.91. The van der Waals surface area contributed by atoms with E-state index in [0.29, 0.717) is 17.2 Å². The summed E-state index contributed by atoms with van der Waals surface area (Å²) in [4.78, 5) is 15.1. The van der Waals surface area contributed by atoms with Crippen molar-refractivity contribution in [3.8, 4) is 0 Å². The predicted molar refractivity (Wildman–Crippen MR) is 77.0 cm³/mol. The molecule has 7 nitrogen and oxygen atoms in total. The molecular weight excluding hydrogens is 256 g/mol. The minimum Gasteiger partial charge on any atom is -0.382 e. The van der Waals surface area contributed by atoms with E-state index in [9.17, 15) is 4.79 Å². The number of rotatable bonds is 4. The van der Waals surface area contributed by atoms with Crippen molar-refractivity contribution >= 4 is 28.9 Å². The predicted octanol–water partition coefficient (Wildman–Crippen LogP) is 1.98. The first-order chi connectivity index (χ1) is 9.69. The third-order valence-corrected chi connectivity index (χ3v) is 2.38. The van der Waals surface area contributed by atoms with Crippen molar-refractivity contribution in [1.29, 1.82) is 0 Å². The molecule has 20 heavy (non-hydrogen) atoms. The Morgan fingerprint density at radius 2 is 1.90 bits per heavy atom. The van der Waals surface area contributed by atoms with Crippen LogP contribution in [0.5, 0.6) is 0 Å². The lowest BCUT2D eigenvalue weighted by Gasteiger charge is -2.04. The average molecular weight is 270 g/mol. The highest BCUT2D eigenvalue weighted by Gasteiger charge is 2.04. The Hall–Kier alpha value is -2.80. The minimum atomic E-state index is -0.337. The molecule has 0 saturated carbocycles. The van der Waals surface area contributed by atoms with Crippen LogP contribution in [-0.4, -0.2) is 17.4 Å². The molecule has 0 aliphatic heterocycles. The van der Waals surface area contributed by atoms with Crippen LogP contribution in [0.4, 0.5) is 23.0 Å². The van der Waals surface area contributed by atoms with Crippen molar-refractivity contribution in [3.63, 3.8) is 0 Å². The molecule has 1 aromatic carbocycles. The van der Waals surface area contributed by atoms with Crippen molar-refractivity contribution in [2.45, 2.75) is 0 Å². The Morgan fingerprint density at radius 1 is 1.15 bits per heavy atom. The first-order valence-corrected chi connectivity index (χ1v) is 5.92. The van der Waals surface area contributed by atoms with Gasteiger partial charge in [-0.1, -0.05) is 18.2 Å². The zero-order valence-electron chi connectivity index (χ0n) is 10.7. The molecule has 1 heterocycles. The second-order valence-corrected chi connectivity index (χ2v) is 3.89. The van der Waals surface area contributed by atoms with Gasteiger partial charge in [0.25, 0.3) is 0 Å². The van der Waals surface area contributed by atoms with Crippen molar-refractivity contribution in [2.24, 2.45) is 16.0 Å². The van der Waals surface area contributed by atoms with Gasteiger partial charge in [-0.05, 0) is 24.3 Å². The smallest absolute Gasteiger partial charge is 0.239 e. The minimum absolute atomic E-state index is 0.114. The van der Waals surface area contributed by atoms with Gasteiger partial charge in [0.15, 0.2) is 5.82 Å². The lowest BCUT2D eigenvalue weighted by atomic mass is 10.3. The third kappa shape index (κ3) is 3.59. The van der Waals surface area contributed by atoms with Crippen LogP contribution in [0.1, 0.15) is 0 Å². The number of carbonyl (C=O) groups is 1. The summed E-state index contributed by atoms with van der Waals surface area (Å²) in [5, 5.41) is 10.6. The second kappa shape index (κ2) is 6.39. The molecule has 2 aromatic rings. The fourth-order valence-corrected chi connectivity index (χ4v) is 1.42. The summed E-state index contributed by atoms with van der Waals surface area (Å²) in [5.74, 6) is 0.173. The average Bonchev–Trinajstić information content (AvgIpc) is 2.47. The lowest BCUT2D eigenvalue weighted by molar-refractivity contribution is -0.114. The fourth-order valence-electron chi connectivity index (χ4n) is 1.42. The zero-order chi connectivity index (χ0) is 14.4. The number of nitrogens with zero attached hydrogens (tertiary/aromatic N) is 3. The fraction of sp³-hybridized carbons (Fsp3) is 0.0769. The molecule has 0 fully saturated rings. The van der Waals surface area contributed by atoms with E-state index in [1.165, 1.54) is 0 Å². The number of amides is 1. The van der Waals surface area contributed by atoms with E-state index in [0.717, 1.165) is 0 Å². The van der Waals surface area contributed by atoms with Crippen LogP contribution in [0, 0.1) is 0 Å². The summed E-state index contributed by atoms with van der Waals surface area (Å²) < 4.78 is 0. The van der Waals surface area contributed by atoms with Crippen LogP contribution in [0.15, 0.2) is 52.7 Å². The number of nitrogens with one attached hydrogen (secondary N) is 1. The monoisotopic (exact) mass is 270 g/mol. The maximum absolute atomic E-state index is 11.1. The summed E-state index contributed by atoms with van der Waals surface area (Å²) in [7, 11) is 0. The van der Waals surface area contributed by atoms with Gasteiger partial charge in [-0.2, -0.15) is 5.11 Å². The Morgan fingerprint density at radius 3 is 2.55 bits per heavy atom. The zero-order valence-corrected chi connectivity index (χ0v) is 10.7. The van der Waals surface area contributed by atoms with Gasteiger partial charge in [0.1, 0.15) is 11.5 Å². The van der Waals surface area contributed by atoms with E-state index in [4.69, 9.17) is 11.5 Å². The van der Waals surface area contributed by atoms with Crippen LogP contribution in [0.2, 0.25) is 0 Å². The molecule has 0 spiro atoms. The molecule has 0 atom stereocenters. The molecular formula is C13H14N6O. The third-order valence-electron chi connectivity index (χ3n) is 2.38. The summed E-state index contributed by atoms with van der Waals surface area (Å²) in [6.07, 6.45) is 0. The highest BCUT2D eigenvalue weighted by atomic mass is 16.1. The quantitative estimate of drug-likeness (QED) is 0.736. The molecule has 0 saturated heterocycles. The van der Waals surface area contributed by atoms with E-state index in [1.807, 2.05) is 30.3 Å². The molecule has 2 rings (SSSR count). The first kappa shape index (κ1) is 13.6. The second-order valence-electron chi connectivity index (χ2n) is 3.89. The van der Waals surface area contributed by atoms with Gasteiger partial charge in [-0.3, -0.25) is 4.79 Å². The molecule has 0 unspecified atom stereocenters. The summed E-state index contributed by atoms with van der Waals surface area (Å²) >= 11 is 0. The Bertz CT molecular complexity index is 626. The van der Waals surface area contributed by atoms with E-state index in [1.54, 1.807) is 12.1 Å². The topological polar surface area (TPSA) is 119 Å². The van der Waals surface area contributed by atoms with Crippen LogP contribution in [-0.2, 0) is 4.79 Å². The van der Waals surface area contributed by atoms with Crippen molar-refractivity contribution < 1.29 is 4.79 Å². The molecule has 7 heteroatoms. The SMILES string of the molecule is NCC(=O)Nc1ccc(N=Nc2ccccc2)c(N)n1. The van der Waals surface area contributed by atoms with Gasteiger partial charge in [0, 0.05) is 0 Å². The molecule has 0 radical (unpaired) electrons. The Labute approximate surface area is 115 Å². The maximum atomic E-state index is 11.1. The number of benzene rings is 1. The lowest BCUT2D eigenvalue weighted by Crippen LogP contribution is -2.22. The van der Waals surface area contributed by atoms with Crippen LogP contribution >= 0.6 is 0 Å². The number of nitrogens with two attached hydrogens (primary N) is 2. The van der Waals surface area contributed by atoms with Gasteiger partial charge in [0.2, 0.25) is 5.91 Å². The number of carbonyl (C=O) groups excluding carboxylic acids is 1. The van der Waals surface area contributed by atoms with Crippen LogP contribution in [0.3, 0.4) is 0 Å². The summed E-state index contributed by atoms with van der Waals surface area (Å²) in [6, 6.07) is 12.5. The number of pyridine rings is 1. The van der Waals surface area contributed by atoms with E-state index in [-0.39, 0.29) is 18.3 Å². The van der Waals surface area contributed by atoms with Crippen LogP contribution < -0.4 is 16.8 Å². The molecule has 0 bridgehead atoms. The van der Waals surface area contributed by atoms with Crippen molar-refractivity contribution in [2.75, 3.05) is 17.6 Å².